The van der Waals surface area contributed by atoms with Gasteiger partial charge in [0, 0.05) is 31.3 Å². The SMILES string of the molecule is O=C(NCC1CCOCC1)Nc1nccs1. The van der Waals surface area contributed by atoms with Gasteiger partial charge in [-0.2, -0.15) is 0 Å². The quantitative estimate of drug-likeness (QED) is 0.846. The van der Waals surface area contributed by atoms with Crippen LogP contribution in [0.1, 0.15) is 12.8 Å². The number of carbonyl (C=O) groups excluding carboxylic acids is 1. The summed E-state index contributed by atoms with van der Waals surface area (Å²) in [6.45, 7) is 2.32. The molecular weight excluding hydrogens is 226 g/mol. The van der Waals surface area contributed by atoms with Gasteiger partial charge in [-0.05, 0) is 18.8 Å². The Balaban J connectivity index is 1.67. The summed E-state index contributed by atoms with van der Waals surface area (Å²) >= 11 is 1.41. The number of thiazole rings is 1. The number of hydrogen-bond acceptors (Lipinski definition) is 4. The lowest BCUT2D eigenvalue weighted by Crippen LogP contribution is -2.35. The highest BCUT2D eigenvalue weighted by molar-refractivity contribution is 7.13. The molecule has 1 aromatic rings. The molecule has 2 rings (SSSR count). The molecule has 0 aromatic carbocycles. The van der Waals surface area contributed by atoms with Gasteiger partial charge >= 0.3 is 6.03 Å². The molecule has 0 unspecified atom stereocenters. The Morgan fingerprint density at radius 2 is 2.38 bits per heavy atom. The first kappa shape index (κ1) is 11.3. The van der Waals surface area contributed by atoms with Gasteiger partial charge in [-0.25, -0.2) is 9.78 Å². The van der Waals surface area contributed by atoms with E-state index in [9.17, 15) is 4.79 Å². The topological polar surface area (TPSA) is 63.2 Å². The minimum atomic E-state index is -0.179. The van der Waals surface area contributed by atoms with Crippen LogP contribution in [0.5, 0.6) is 0 Å². The average molecular weight is 241 g/mol. The van der Waals surface area contributed by atoms with E-state index in [1.165, 1.54) is 11.3 Å². The van der Waals surface area contributed by atoms with Crippen molar-refractivity contribution >= 4 is 22.5 Å². The number of carbonyl (C=O) groups is 1. The van der Waals surface area contributed by atoms with Crippen LogP contribution in [0.4, 0.5) is 9.93 Å². The molecule has 0 radical (unpaired) electrons. The summed E-state index contributed by atoms with van der Waals surface area (Å²) in [4.78, 5) is 15.4. The van der Waals surface area contributed by atoms with Crippen molar-refractivity contribution in [1.29, 1.82) is 0 Å². The van der Waals surface area contributed by atoms with E-state index in [0.717, 1.165) is 26.1 Å². The summed E-state index contributed by atoms with van der Waals surface area (Å²) in [6.07, 6.45) is 3.72. The summed E-state index contributed by atoms with van der Waals surface area (Å²) in [6, 6.07) is -0.179. The molecule has 5 nitrogen and oxygen atoms in total. The second-order valence-electron chi connectivity index (χ2n) is 3.73. The average Bonchev–Trinajstić information content (AvgIpc) is 2.81. The van der Waals surface area contributed by atoms with Crippen LogP contribution < -0.4 is 10.6 Å². The number of amides is 2. The maximum atomic E-state index is 11.5. The second kappa shape index (κ2) is 5.81. The number of hydrogen-bond donors (Lipinski definition) is 2. The maximum Gasteiger partial charge on any atom is 0.321 e. The van der Waals surface area contributed by atoms with Crippen molar-refractivity contribution in [3.63, 3.8) is 0 Å². The molecule has 0 spiro atoms. The number of nitrogens with zero attached hydrogens (tertiary/aromatic N) is 1. The lowest BCUT2D eigenvalue weighted by Gasteiger charge is -2.21. The Morgan fingerprint density at radius 1 is 1.56 bits per heavy atom. The number of ether oxygens (including phenoxy) is 1. The van der Waals surface area contributed by atoms with Crippen molar-refractivity contribution < 1.29 is 9.53 Å². The Kier molecular flexibility index (Phi) is 4.12. The first-order valence-corrected chi connectivity index (χ1v) is 6.24. The minimum absolute atomic E-state index is 0.179. The molecular formula is C10H15N3O2S. The zero-order chi connectivity index (χ0) is 11.2. The van der Waals surface area contributed by atoms with Crippen molar-refractivity contribution in [2.75, 3.05) is 25.1 Å². The highest BCUT2D eigenvalue weighted by Gasteiger charge is 2.14. The molecule has 16 heavy (non-hydrogen) atoms. The molecule has 1 aliphatic rings. The highest BCUT2D eigenvalue weighted by atomic mass is 32.1. The Morgan fingerprint density at radius 3 is 3.06 bits per heavy atom. The maximum absolute atomic E-state index is 11.5. The van der Waals surface area contributed by atoms with Crippen molar-refractivity contribution in [2.24, 2.45) is 5.92 Å². The summed E-state index contributed by atoms with van der Waals surface area (Å²) in [5.41, 5.74) is 0. The number of anilines is 1. The van der Waals surface area contributed by atoms with Crippen LogP contribution in [-0.2, 0) is 4.74 Å². The molecule has 0 saturated carbocycles. The van der Waals surface area contributed by atoms with Gasteiger partial charge in [0.15, 0.2) is 5.13 Å². The van der Waals surface area contributed by atoms with Crippen LogP contribution >= 0.6 is 11.3 Å². The molecule has 1 aliphatic heterocycles. The predicted octanol–water partition coefficient (Wildman–Crippen LogP) is 1.69. The lowest BCUT2D eigenvalue weighted by molar-refractivity contribution is 0.0671. The molecule has 6 heteroatoms. The van der Waals surface area contributed by atoms with Gasteiger partial charge in [-0.1, -0.05) is 0 Å². The zero-order valence-electron chi connectivity index (χ0n) is 8.94. The first-order chi connectivity index (χ1) is 7.84. The van der Waals surface area contributed by atoms with Crippen molar-refractivity contribution in [3.05, 3.63) is 11.6 Å². The van der Waals surface area contributed by atoms with E-state index >= 15 is 0 Å². The van der Waals surface area contributed by atoms with Gasteiger partial charge in [-0.15, -0.1) is 11.3 Å². The van der Waals surface area contributed by atoms with E-state index < -0.39 is 0 Å². The summed E-state index contributed by atoms with van der Waals surface area (Å²) in [7, 11) is 0. The van der Waals surface area contributed by atoms with E-state index in [0.29, 0.717) is 17.6 Å². The summed E-state index contributed by atoms with van der Waals surface area (Å²) in [5, 5.41) is 8.00. The van der Waals surface area contributed by atoms with E-state index in [2.05, 4.69) is 15.6 Å². The Labute approximate surface area is 98.2 Å². The fourth-order valence-electron chi connectivity index (χ4n) is 1.61. The van der Waals surface area contributed by atoms with E-state index in [1.54, 1.807) is 6.20 Å². The number of aromatic nitrogens is 1. The fraction of sp³-hybridized carbons (Fsp3) is 0.600. The monoisotopic (exact) mass is 241 g/mol. The van der Waals surface area contributed by atoms with Gasteiger partial charge in [0.05, 0.1) is 0 Å². The largest absolute Gasteiger partial charge is 0.381 e. The molecule has 88 valence electrons. The van der Waals surface area contributed by atoms with Crippen LogP contribution in [0.2, 0.25) is 0 Å². The first-order valence-electron chi connectivity index (χ1n) is 5.36. The fourth-order valence-corrected chi connectivity index (χ4v) is 2.14. The molecule has 1 aromatic heterocycles. The van der Waals surface area contributed by atoms with Gasteiger partial charge in [0.25, 0.3) is 0 Å². The Bertz CT molecular complexity index is 323. The smallest absolute Gasteiger partial charge is 0.321 e. The molecule has 0 aliphatic carbocycles. The van der Waals surface area contributed by atoms with E-state index in [4.69, 9.17) is 4.74 Å². The van der Waals surface area contributed by atoms with Crippen LogP contribution in [0, 0.1) is 5.92 Å². The number of urea groups is 1. The van der Waals surface area contributed by atoms with E-state index in [-0.39, 0.29) is 6.03 Å². The van der Waals surface area contributed by atoms with Crippen LogP contribution in [0.3, 0.4) is 0 Å². The predicted molar refractivity (Wildman–Crippen MR) is 62.7 cm³/mol. The summed E-state index contributed by atoms with van der Waals surface area (Å²) < 4.78 is 5.26. The normalized spacial score (nSPS) is 17.0. The minimum Gasteiger partial charge on any atom is -0.381 e. The zero-order valence-corrected chi connectivity index (χ0v) is 9.76. The van der Waals surface area contributed by atoms with Crippen molar-refractivity contribution in [2.45, 2.75) is 12.8 Å². The van der Waals surface area contributed by atoms with Crippen LogP contribution in [-0.4, -0.2) is 30.8 Å². The lowest BCUT2D eigenvalue weighted by atomic mass is 10.0. The number of nitrogens with one attached hydrogen (secondary N) is 2. The highest BCUT2D eigenvalue weighted by Crippen LogP contribution is 2.13. The molecule has 1 saturated heterocycles. The molecule has 2 N–H and O–H groups in total. The van der Waals surface area contributed by atoms with Gasteiger partial charge in [0.2, 0.25) is 0 Å². The van der Waals surface area contributed by atoms with Gasteiger partial charge in [-0.3, -0.25) is 5.32 Å². The van der Waals surface area contributed by atoms with Crippen LogP contribution in [0.15, 0.2) is 11.6 Å². The molecule has 2 amide bonds. The Hall–Kier alpha value is -1.14. The third-order valence-corrected chi connectivity index (χ3v) is 3.23. The summed E-state index contributed by atoms with van der Waals surface area (Å²) in [5.74, 6) is 0.538. The molecule has 0 atom stereocenters. The standard InChI is InChI=1S/C10H15N3O2S/c14-9(13-10-11-3-6-16-10)12-7-8-1-4-15-5-2-8/h3,6,8H,1-2,4-5,7H2,(H2,11,12,13,14). The van der Waals surface area contributed by atoms with Gasteiger partial charge in [0.1, 0.15) is 0 Å². The molecule has 0 bridgehead atoms. The number of rotatable bonds is 3. The van der Waals surface area contributed by atoms with Crippen molar-refractivity contribution in [3.8, 4) is 0 Å². The molecule has 1 fully saturated rings. The van der Waals surface area contributed by atoms with E-state index in [1.807, 2.05) is 5.38 Å². The molecule has 2 heterocycles. The second-order valence-corrected chi connectivity index (χ2v) is 4.62. The van der Waals surface area contributed by atoms with Crippen molar-refractivity contribution in [1.82, 2.24) is 10.3 Å². The van der Waals surface area contributed by atoms with Gasteiger partial charge < -0.3 is 10.1 Å². The third kappa shape index (κ3) is 3.46. The van der Waals surface area contributed by atoms with Crippen LogP contribution in [0.25, 0.3) is 0 Å². The third-order valence-electron chi connectivity index (χ3n) is 2.54.